The fourth-order valence-electron chi connectivity index (χ4n) is 3.82. The Morgan fingerprint density at radius 2 is 1.71 bits per heavy atom. The molecule has 0 radical (unpaired) electrons. The second kappa shape index (κ2) is 9.25. The zero-order valence-electron chi connectivity index (χ0n) is 17.6. The molecule has 4 rings (SSSR count). The maximum atomic E-state index is 12.6. The Hall–Kier alpha value is -3.94. The van der Waals surface area contributed by atoms with Crippen molar-refractivity contribution in [3.63, 3.8) is 0 Å². The number of hydrogen-bond donors (Lipinski definition) is 4. The highest BCUT2D eigenvalue weighted by molar-refractivity contribution is 6.01. The van der Waals surface area contributed by atoms with Gasteiger partial charge in [-0.15, -0.1) is 0 Å². The zero-order valence-corrected chi connectivity index (χ0v) is 17.6. The van der Waals surface area contributed by atoms with Crippen LogP contribution < -0.4 is 10.6 Å². The van der Waals surface area contributed by atoms with Crippen LogP contribution in [0.25, 0.3) is 11.1 Å². The number of aryl methyl sites for hydroxylation is 2. The van der Waals surface area contributed by atoms with E-state index in [0.29, 0.717) is 30.8 Å². The molecule has 0 saturated carbocycles. The summed E-state index contributed by atoms with van der Waals surface area (Å²) < 4.78 is 0. The van der Waals surface area contributed by atoms with Gasteiger partial charge in [0.15, 0.2) is 0 Å². The average Bonchev–Trinajstić information content (AvgIpc) is 2.77. The molecule has 0 atom stereocenters. The van der Waals surface area contributed by atoms with Crippen LogP contribution in [0.2, 0.25) is 0 Å². The van der Waals surface area contributed by atoms with Gasteiger partial charge in [0.05, 0.1) is 6.54 Å². The Morgan fingerprint density at radius 3 is 2.39 bits per heavy atom. The van der Waals surface area contributed by atoms with Crippen molar-refractivity contribution in [3.05, 3.63) is 76.7 Å². The van der Waals surface area contributed by atoms with Crippen LogP contribution >= 0.6 is 0 Å². The third kappa shape index (κ3) is 4.48. The number of nitrogens with one attached hydrogen (secondary N) is 3. The van der Waals surface area contributed by atoms with Crippen molar-refractivity contribution in [2.45, 2.75) is 33.2 Å². The van der Waals surface area contributed by atoms with Crippen LogP contribution in [0.5, 0.6) is 0 Å². The van der Waals surface area contributed by atoms with E-state index in [-0.39, 0.29) is 11.7 Å². The van der Waals surface area contributed by atoms with E-state index >= 15 is 0 Å². The molecule has 1 aliphatic heterocycles. The van der Waals surface area contributed by atoms with Crippen molar-refractivity contribution in [2.24, 2.45) is 5.73 Å². The molecule has 8 nitrogen and oxygen atoms in total. The lowest BCUT2D eigenvalue weighted by atomic mass is 9.97. The molecule has 0 unspecified atom stereocenters. The van der Waals surface area contributed by atoms with Gasteiger partial charge in [0.1, 0.15) is 17.5 Å². The van der Waals surface area contributed by atoms with Gasteiger partial charge in [-0.3, -0.25) is 15.1 Å². The molecular weight excluding hydrogens is 390 g/mol. The summed E-state index contributed by atoms with van der Waals surface area (Å²) in [6.45, 7) is 4.30. The minimum atomic E-state index is 0.0469. The number of anilines is 1. The predicted molar refractivity (Wildman–Crippen MR) is 119 cm³/mol. The molecule has 1 aromatic heterocycles. The molecule has 31 heavy (non-hydrogen) atoms. The summed E-state index contributed by atoms with van der Waals surface area (Å²) in [5.41, 5.74) is 21.4. The quantitative estimate of drug-likeness (QED) is 0.288. The van der Waals surface area contributed by atoms with Gasteiger partial charge in [-0.25, -0.2) is 21.0 Å². The Labute approximate surface area is 181 Å². The summed E-state index contributed by atoms with van der Waals surface area (Å²) in [6.07, 6.45) is 1.17. The third-order valence-corrected chi connectivity index (χ3v) is 5.27. The van der Waals surface area contributed by atoms with E-state index in [1.165, 1.54) is 0 Å². The maximum Gasteiger partial charge on any atom is 0.228 e. The van der Waals surface area contributed by atoms with E-state index in [0.717, 1.165) is 33.8 Å². The van der Waals surface area contributed by atoms with Crippen molar-refractivity contribution in [1.82, 2.24) is 9.97 Å². The van der Waals surface area contributed by atoms with Crippen molar-refractivity contribution in [1.29, 1.82) is 16.5 Å². The Balaban J connectivity index is 0.00000132. The minimum absolute atomic E-state index is 0.0469. The van der Waals surface area contributed by atoms with Gasteiger partial charge in [-0.1, -0.05) is 48.5 Å². The van der Waals surface area contributed by atoms with Crippen molar-refractivity contribution in [2.75, 3.05) is 4.90 Å². The lowest BCUT2D eigenvalue weighted by molar-refractivity contribution is -0.119. The summed E-state index contributed by atoms with van der Waals surface area (Å²) in [7, 11) is 0. The maximum absolute atomic E-state index is 12.6. The number of rotatable bonds is 4. The third-order valence-electron chi connectivity index (χ3n) is 5.27. The van der Waals surface area contributed by atoms with E-state index in [1.807, 2.05) is 62.4 Å². The molecular formula is C23H25N7O. The van der Waals surface area contributed by atoms with E-state index in [2.05, 4.69) is 9.97 Å². The molecule has 0 bridgehead atoms. The van der Waals surface area contributed by atoms with Crippen LogP contribution in [0, 0.1) is 30.3 Å². The molecule has 2 aromatic carbocycles. The highest BCUT2D eigenvalue weighted by Gasteiger charge is 2.27. The summed E-state index contributed by atoms with van der Waals surface area (Å²) in [6, 6.07) is 15.6. The number of nitrogen functional groups attached to an aromatic ring is 1. The molecule has 3 aromatic rings. The van der Waals surface area contributed by atoms with Crippen LogP contribution in [0.15, 0.2) is 48.5 Å². The molecule has 0 saturated heterocycles. The topological polar surface area (TPSA) is 144 Å². The van der Waals surface area contributed by atoms with Gasteiger partial charge in [0.2, 0.25) is 5.91 Å². The van der Waals surface area contributed by atoms with Gasteiger partial charge in [-0.2, -0.15) is 0 Å². The highest BCUT2D eigenvalue weighted by Crippen LogP contribution is 2.30. The van der Waals surface area contributed by atoms with Crippen molar-refractivity contribution >= 4 is 17.6 Å². The van der Waals surface area contributed by atoms with Crippen molar-refractivity contribution < 1.29 is 4.79 Å². The molecule has 1 aliphatic rings. The fraction of sp³-hybridized carbons (Fsp3) is 0.217. The Kier molecular flexibility index (Phi) is 6.49. The van der Waals surface area contributed by atoms with Gasteiger partial charge >= 0.3 is 0 Å². The minimum Gasteiger partial charge on any atom is -0.384 e. The number of carbonyl (C=O) groups is 1. The smallest absolute Gasteiger partial charge is 0.228 e. The number of nitrogens with two attached hydrogens (primary N) is 1. The molecule has 2 heterocycles. The predicted octanol–water partition coefficient (Wildman–Crippen LogP) is 4.12. The fourth-order valence-corrected chi connectivity index (χ4v) is 3.82. The second-order valence-electron chi connectivity index (χ2n) is 7.29. The van der Waals surface area contributed by atoms with E-state index < -0.39 is 0 Å². The number of amides is 1. The van der Waals surface area contributed by atoms with Crippen LogP contribution in [-0.4, -0.2) is 21.7 Å². The Morgan fingerprint density at radius 1 is 1.03 bits per heavy atom. The normalized spacial score (nSPS) is 12.6. The second-order valence-corrected chi connectivity index (χ2v) is 7.29. The van der Waals surface area contributed by atoms with Crippen LogP contribution in [0.1, 0.15) is 34.6 Å². The molecule has 1 amide bonds. The number of amidine groups is 1. The SMILES string of the molecule is Cc1nc(C)c2c(n1)N(Cc1ccc(-c3ccccc3C(=N)N)cc1)C(=O)CC2.N=N. The molecule has 5 N–H and O–H groups in total. The summed E-state index contributed by atoms with van der Waals surface area (Å²) in [5, 5.41) is 7.79. The zero-order chi connectivity index (χ0) is 22.5. The monoisotopic (exact) mass is 415 g/mol. The lowest BCUT2D eigenvalue weighted by Gasteiger charge is -2.29. The Bertz CT molecular complexity index is 1130. The average molecular weight is 416 g/mol. The van der Waals surface area contributed by atoms with Gasteiger partial charge in [0, 0.05) is 23.2 Å². The summed E-state index contributed by atoms with van der Waals surface area (Å²) in [5.74, 6) is 1.54. The van der Waals surface area contributed by atoms with E-state index in [1.54, 1.807) is 4.90 Å². The summed E-state index contributed by atoms with van der Waals surface area (Å²) >= 11 is 0. The lowest BCUT2D eigenvalue weighted by Crippen LogP contribution is -2.36. The molecule has 0 spiro atoms. The number of aromatic nitrogens is 2. The van der Waals surface area contributed by atoms with E-state index in [9.17, 15) is 4.79 Å². The summed E-state index contributed by atoms with van der Waals surface area (Å²) in [4.78, 5) is 23.4. The number of benzene rings is 2. The first-order valence-corrected chi connectivity index (χ1v) is 9.86. The molecule has 8 heteroatoms. The molecule has 0 aliphatic carbocycles. The van der Waals surface area contributed by atoms with E-state index in [4.69, 9.17) is 22.2 Å². The molecule has 0 fully saturated rings. The largest absolute Gasteiger partial charge is 0.384 e. The number of carbonyl (C=O) groups excluding carboxylic acids is 1. The highest BCUT2D eigenvalue weighted by atomic mass is 16.2. The number of hydrogen-bond acceptors (Lipinski definition) is 6. The first-order chi connectivity index (χ1) is 14.9. The van der Waals surface area contributed by atoms with Crippen LogP contribution in [0.4, 0.5) is 5.82 Å². The first-order valence-electron chi connectivity index (χ1n) is 9.86. The van der Waals surface area contributed by atoms with Crippen LogP contribution in [-0.2, 0) is 17.8 Å². The van der Waals surface area contributed by atoms with Gasteiger partial charge < -0.3 is 5.73 Å². The standard InChI is InChI=1S/C23H23N5O.H2N2/c1-14-18-11-12-21(29)28(23(18)27-15(2)26-14)13-16-7-9-17(10-8-16)19-5-3-4-6-20(19)22(24)25;1-2/h3-10H,11-13H2,1-2H3,(H3,24,25);1-2H. The van der Waals surface area contributed by atoms with Crippen molar-refractivity contribution in [3.8, 4) is 11.1 Å². The van der Waals surface area contributed by atoms with Gasteiger partial charge in [0.25, 0.3) is 0 Å². The van der Waals surface area contributed by atoms with Crippen LogP contribution in [0.3, 0.4) is 0 Å². The number of nitrogens with zero attached hydrogens (tertiary/aromatic N) is 3. The first kappa shape index (κ1) is 21.8. The van der Waals surface area contributed by atoms with Gasteiger partial charge in [-0.05, 0) is 37.0 Å². The number of fused-ring (bicyclic) bond motifs is 1. The molecule has 158 valence electrons.